The van der Waals surface area contributed by atoms with Gasteiger partial charge in [0.25, 0.3) is 11.8 Å². The normalized spacial score (nSPS) is 25.2. The highest BCUT2D eigenvalue weighted by Gasteiger charge is 2.40. The lowest BCUT2D eigenvalue weighted by Crippen LogP contribution is -2.59. The smallest absolute Gasteiger partial charge is 0.489 e. The van der Waals surface area contributed by atoms with Crippen molar-refractivity contribution in [2.24, 2.45) is 0 Å². The highest BCUT2D eigenvalue weighted by molar-refractivity contribution is 5.97. The number of hydrogen-bond donors (Lipinski definition) is 4. The lowest BCUT2D eigenvalue weighted by atomic mass is 9.96. The summed E-state index contributed by atoms with van der Waals surface area (Å²) in [5, 5.41) is 16.1. The molecule has 0 radical (unpaired) electrons. The van der Waals surface area contributed by atoms with Crippen LogP contribution in [0.3, 0.4) is 0 Å². The van der Waals surface area contributed by atoms with Crippen molar-refractivity contribution < 1.29 is 42.1 Å². The number of para-hydroxylation sites is 1. The molecular formula is C21H26F3N3O6. The summed E-state index contributed by atoms with van der Waals surface area (Å²) in [4.78, 5) is 34.1. The van der Waals surface area contributed by atoms with Crippen LogP contribution < -0.4 is 20.7 Å². The molecule has 1 unspecified atom stereocenters. The second-order valence-electron chi connectivity index (χ2n) is 7.39. The van der Waals surface area contributed by atoms with Crippen molar-refractivity contribution in [3.8, 4) is 5.75 Å². The van der Waals surface area contributed by atoms with E-state index in [9.17, 15) is 22.8 Å². The number of amides is 2. The van der Waals surface area contributed by atoms with Gasteiger partial charge in [-0.3, -0.25) is 9.59 Å². The molecule has 1 fully saturated rings. The average Bonchev–Trinajstić information content (AvgIpc) is 2.77. The molecule has 2 aliphatic rings. The Morgan fingerprint density at radius 3 is 2.55 bits per heavy atom. The summed E-state index contributed by atoms with van der Waals surface area (Å²) >= 11 is 0. The molecule has 0 saturated carbocycles. The summed E-state index contributed by atoms with van der Waals surface area (Å²) in [5.41, 5.74) is -0.451. The number of nitrogens with one attached hydrogen (secondary N) is 3. The first-order valence-corrected chi connectivity index (χ1v) is 10.2. The van der Waals surface area contributed by atoms with Gasteiger partial charge in [0.1, 0.15) is 12.4 Å². The summed E-state index contributed by atoms with van der Waals surface area (Å²) in [6.45, 7) is 4.14. The van der Waals surface area contributed by atoms with Crippen molar-refractivity contribution >= 4 is 17.8 Å². The zero-order chi connectivity index (χ0) is 24.5. The molecule has 2 heterocycles. The fourth-order valence-electron chi connectivity index (χ4n) is 3.05. The Bertz CT molecular complexity index is 869. The van der Waals surface area contributed by atoms with Crippen LogP contribution in [0.15, 0.2) is 36.4 Å². The molecule has 3 rings (SSSR count). The molecule has 182 valence electrons. The molecule has 12 heteroatoms. The first-order chi connectivity index (χ1) is 15.5. The van der Waals surface area contributed by atoms with Crippen molar-refractivity contribution in [1.82, 2.24) is 16.0 Å². The van der Waals surface area contributed by atoms with Crippen LogP contribution in [0.25, 0.3) is 0 Å². The number of carbonyl (C=O) groups is 3. The van der Waals surface area contributed by atoms with Crippen LogP contribution in [-0.4, -0.2) is 73.6 Å². The standard InChI is InChI=1S/C19H25N3O4.C2HF3O2/c1-14-12-21-18(24)19(13-20-9-11-26-19)8-4-5-10-25-16-7-3-2-6-15(16)17(23)22-14;3-2(4,5)1(6)7/h2-7,14,20H,8-13H2,1H3,(H,21,24)(H,22,23);(H,6,7)/b5-4+;/t14-,19?;/m0./s1. The molecule has 1 spiro atoms. The van der Waals surface area contributed by atoms with Gasteiger partial charge in [-0.2, -0.15) is 13.2 Å². The molecule has 1 saturated heterocycles. The second-order valence-corrected chi connectivity index (χ2v) is 7.39. The number of benzene rings is 1. The van der Waals surface area contributed by atoms with E-state index >= 15 is 0 Å². The lowest BCUT2D eigenvalue weighted by molar-refractivity contribution is -0.192. The number of ether oxygens (including phenoxy) is 2. The van der Waals surface area contributed by atoms with E-state index in [4.69, 9.17) is 19.4 Å². The van der Waals surface area contributed by atoms with Crippen LogP contribution in [0.5, 0.6) is 5.75 Å². The number of rotatable bonds is 0. The summed E-state index contributed by atoms with van der Waals surface area (Å²) in [7, 11) is 0. The Hall–Kier alpha value is -3.12. The predicted octanol–water partition coefficient (Wildman–Crippen LogP) is 1.25. The summed E-state index contributed by atoms with van der Waals surface area (Å²) < 4.78 is 43.3. The van der Waals surface area contributed by atoms with Gasteiger partial charge in [0.15, 0.2) is 5.60 Å². The fraction of sp³-hybridized carbons (Fsp3) is 0.476. The number of alkyl halides is 3. The number of aliphatic carboxylic acids is 1. The maximum atomic E-state index is 12.7. The Balaban J connectivity index is 0.000000479. The molecule has 0 aliphatic carbocycles. The van der Waals surface area contributed by atoms with Gasteiger partial charge in [-0.1, -0.05) is 24.3 Å². The van der Waals surface area contributed by atoms with E-state index in [1.165, 1.54) is 0 Å². The summed E-state index contributed by atoms with van der Waals surface area (Å²) in [5.74, 6) is -2.62. The van der Waals surface area contributed by atoms with Crippen LogP contribution >= 0.6 is 0 Å². The molecule has 33 heavy (non-hydrogen) atoms. The largest absolute Gasteiger partial charge is 0.490 e. The van der Waals surface area contributed by atoms with E-state index in [0.29, 0.717) is 44.0 Å². The Morgan fingerprint density at radius 2 is 1.91 bits per heavy atom. The van der Waals surface area contributed by atoms with Gasteiger partial charge < -0.3 is 30.5 Å². The minimum atomic E-state index is -5.08. The van der Waals surface area contributed by atoms with Crippen molar-refractivity contribution in [3.63, 3.8) is 0 Å². The second kappa shape index (κ2) is 11.7. The third-order valence-corrected chi connectivity index (χ3v) is 4.75. The predicted molar refractivity (Wildman–Crippen MR) is 111 cm³/mol. The molecule has 2 aliphatic heterocycles. The minimum absolute atomic E-state index is 0.172. The third kappa shape index (κ3) is 7.75. The van der Waals surface area contributed by atoms with E-state index in [1.807, 2.05) is 25.1 Å². The molecule has 2 atom stereocenters. The number of carbonyl (C=O) groups excluding carboxylic acids is 2. The van der Waals surface area contributed by atoms with E-state index in [0.717, 1.165) is 6.54 Å². The number of morpholine rings is 1. The Labute approximate surface area is 188 Å². The van der Waals surface area contributed by atoms with Gasteiger partial charge in [0.05, 0.1) is 12.2 Å². The van der Waals surface area contributed by atoms with Crippen LogP contribution in [0.1, 0.15) is 23.7 Å². The Morgan fingerprint density at radius 1 is 1.21 bits per heavy atom. The van der Waals surface area contributed by atoms with Gasteiger partial charge in [0.2, 0.25) is 0 Å². The highest BCUT2D eigenvalue weighted by atomic mass is 19.4. The SMILES string of the molecule is C[C@H]1CNC(=O)C2(C/C=C/COc3ccccc3C(=O)N1)CNCCO2.O=C(O)C(F)(F)F. The molecule has 1 aromatic carbocycles. The van der Waals surface area contributed by atoms with Crippen LogP contribution in [0.4, 0.5) is 13.2 Å². The Kier molecular flexibility index (Phi) is 9.23. The number of carboxylic acids is 1. The summed E-state index contributed by atoms with van der Waals surface area (Å²) in [6.07, 6.45) is -0.891. The topological polar surface area (TPSA) is 126 Å². The van der Waals surface area contributed by atoms with Crippen LogP contribution in [0, 0.1) is 0 Å². The molecule has 0 aromatic heterocycles. The van der Waals surface area contributed by atoms with E-state index in [-0.39, 0.29) is 17.9 Å². The van der Waals surface area contributed by atoms with Gasteiger partial charge in [-0.25, -0.2) is 4.79 Å². The average molecular weight is 473 g/mol. The maximum absolute atomic E-state index is 12.7. The van der Waals surface area contributed by atoms with Crippen molar-refractivity contribution in [3.05, 3.63) is 42.0 Å². The van der Waals surface area contributed by atoms with Crippen molar-refractivity contribution in [2.75, 3.05) is 32.8 Å². The van der Waals surface area contributed by atoms with Crippen molar-refractivity contribution in [1.29, 1.82) is 0 Å². The zero-order valence-corrected chi connectivity index (χ0v) is 17.9. The van der Waals surface area contributed by atoms with Gasteiger partial charge in [-0.15, -0.1) is 0 Å². The number of halogens is 3. The molecule has 1 aromatic rings. The van der Waals surface area contributed by atoms with Crippen LogP contribution in [0.2, 0.25) is 0 Å². The number of carboxylic acid groups (broad SMARTS) is 1. The van der Waals surface area contributed by atoms with Gasteiger partial charge in [0, 0.05) is 32.1 Å². The summed E-state index contributed by atoms with van der Waals surface area (Å²) in [6, 6.07) is 6.90. The third-order valence-electron chi connectivity index (χ3n) is 4.75. The molecule has 0 bridgehead atoms. The molecule has 4 N–H and O–H groups in total. The first-order valence-electron chi connectivity index (χ1n) is 10.2. The van der Waals surface area contributed by atoms with E-state index < -0.39 is 17.7 Å². The van der Waals surface area contributed by atoms with E-state index in [1.54, 1.807) is 18.2 Å². The van der Waals surface area contributed by atoms with E-state index in [2.05, 4.69) is 16.0 Å². The monoisotopic (exact) mass is 473 g/mol. The molecule has 9 nitrogen and oxygen atoms in total. The van der Waals surface area contributed by atoms with Gasteiger partial charge in [-0.05, 0) is 19.1 Å². The van der Waals surface area contributed by atoms with Crippen molar-refractivity contribution in [2.45, 2.75) is 31.2 Å². The lowest BCUT2D eigenvalue weighted by Gasteiger charge is -2.36. The first kappa shape index (κ1) is 26.1. The quantitative estimate of drug-likeness (QED) is 0.418. The maximum Gasteiger partial charge on any atom is 0.490 e. The van der Waals surface area contributed by atoms with Crippen LogP contribution in [-0.2, 0) is 14.3 Å². The molecule has 2 amide bonds. The minimum Gasteiger partial charge on any atom is -0.489 e. The zero-order valence-electron chi connectivity index (χ0n) is 17.9. The van der Waals surface area contributed by atoms with Gasteiger partial charge >= 0.3 is 12.1 Å². The molecular weight excluding hydrogens is 447 g/mol. The highest BCUT2D eigenvalue weighted by Crippen LogP contribution is 2.21. The number of hydrogen-bond acceptors (Lipinski definition) is 6. The number of fused-ring (bicyclic) bond motifs is 1. The fourth-order valence-corrected chi connectivity index (χ4v) is 3.05.